The molecule has 96 valence electrons. The van der Waals surface area contributed by atoms with E-state index in [9.17, 15) is 4.39 Å². The SMILES string of the molecule is COc1ccc(N(C)CCC(C)CN)cc1F. The molecule has 17 heavy (non-hydrogen) atoms. The number of nitrogens with zero attached hydrogens (tertiary/aromatic N) is 1. The maximum Gasteiger partial charge on any atom is 0.167 e. The first-order valence-electron chi connectivity index (χ1n) is 5.83. The number of rotatable bonds is 6. The van der Waals surface area contributed by atoms with Crippen molar-refractivity contribution in [2.24, 2.45) is 11.7 Å². The fourth-order valence-electron chi connectivity index (χ4n) is 1.55. The van der Waals surface area contributed by atoms with Gasteiger partial charge in [0.25, 0.3) is 0 Å². The number of halogens is 1. The van der Waals surface area contributed by atoms with Gasteiger partial charge in [0.1, 0.15) is 0 Å². The smallest absolute Gasteiger partial charge is 0.167 e. The lowest BCUT2D eigenvalue weighted by molar-refractivity contribution is 0.386. The fourth-order valence-corrected chi connectivity index (χ4v) is 1.55. The second kappa shape index (κ2) is 6.45. The van der Waals surface area contributed by atoms with Gasteiger partial charge in [-0.1, -0.05) is 6.92 Å². The second-order valence-corrected chi connectivity index (χ2v) is 4.37. The first-order chi connectivity index (χ1) is 8.08. The van der Waals surface area contributed by atoms with Crippen molar-refractivity contribution >= 4 is 5.69 Å². The molecule has 0 saturated carbocycles. The average Bonchev–Trinajstić information content (AvgIpc) is 2.35. The van der Waals surface area contributed by atoms with Crippen LogP contribution in [0, 0.1) is 11.7 Å². The van der Waals surface area contributed by atoms with Crippen LogP contribution < -0.4 is 15.4 Å². The Labute approximate surface area is 102 Å². The van der Waals surface area contributed by atoms with E-state index in [2.05, 4.69) is 6.92 Å². The number of anilines is 1. The highest BCUT2D eigenvalue weighted by atomic mass is 19.1. The third-order valence-electron chi connectivity index (χ3n) is 2.94. The van der Waals surface area contributed by atoms with E-state index in [4.69, 9.17) is 10.5 Å². The highest BCUT2D eigenvalue weighted by Crippen LogP contribution is 2.23. The quantitative estimate of drug-likeness (QED) is 0.829. The third-order valence-corrected chi connectivity index (χ3v) is 2.94. The number of nitrogens with two attached hydrogens (primary N) is 1. The fraction of sp³-hybridized carbons (Fsp3) is 0.538. The van der Waals surface area contributed by atoms with Crippen LogP contribution in [0.5, 0.6) is 5.75 Å². The normalized spacial score (nSPS) is 12.3. The van der Waals surface area contributed by atoms with Gasteiger partial charge in [-0.15, -0.1) is 0 Å². The predicted octanol–water partition coefficient (Wildman–Crippen LogP) is 2.26. The minimum absolute atomic E-state index is 0.275. The first-order valence-corrected chi connectivity index (χ1v) is 5.83. The van der Waals surface area contributed by atoms with Crippen LogP contribution in [0.4, 0.5) is 10.1 Å². The lowest BCUT2D eigenvalue weighted by atomic mass is 10.1. The van der Waals surface area contributed by atoms with Gasteiger partial charge >= 0.3 is 0 Å². The number of ether oxygens (including phenoxy) is 1. The molecule has 4 heteroatoms. The van der Waals surface area contributed by atoms with Gasteiger partial charge in [-0.3, -0.25) is 0 Å². The lowest BCUT2D eigenvalue weighted by Crippen LogP contribution is -2.23. The number of hydrogen-bond donors (Lipinski definition) is 1. The zero-order chi connectivity index (χ0) is 12.8. The Morgan fingerprint density at radius 2 is 2.18 bits per heavy atom. The standard InChI is InChI=1S/C13H21FN2O/c1-10(9-15)6-7-16(2)11-4-5-13(17-3)12(14)8-11/h4-5,8,10H,6-7,9,15H2,1-3H3. The molecule has 2 N–H and O–H groups in total. The predicted molar refractivity (Wildman–Crippen MR) is 69.1 cm³/mol. The molecular formula is C13H21FN2O. The van der Waals surface area contributed by atoms with Gasteiger partial charge in [-0.05, 0) is 31.0 Å². The Hall–Kier alpha value is -1.29. The molecule has 1 unspecified atom stereocenters. The van der Waals surface area contributed by atoms with Crippen molar-refractivity contribution < 1.29 is 9.13 Å². The molecule has 0 spiro atoms. The van der Waals surface area contributed by atoms with E-state index in [1.54, 1.807) is 6.07 Å². The minimum atomic E-state index is -0.330. The number of benzene rings is 1. The summed E-state index contributed by atoms with van der Waals surface area (Å²) >= 11 is 0. The summed E-state index contributed by atoms with van der Waals surface area (Å²) in [5, 5.41) is 0. The highest BCUT2D eigenvalue weighted by Gasteiger charge is 2.08. The maximum atomic E-state index is 13.5. The van der Waals surface area contributed by atoms with E-state index >= 15 is 0 Å². The zero-order valence-electron chi connectivity index (χ0n) is 10.7. The van der Waals surface area contributed by atoms with Gasteiger partial charge in [0, 0.05) is 25.3 Å². The molecule has 0 heterocycles. The van der Waals surface area contributed by atoms with Crippen molar-refractivity contribution in [3.63, 3.8) is 0 Å². The molecule has 3 nitrogen and oxygen atoms in total. The molecule has 0 aliphatic carbocycles. The van der Waals surface area contributed by atoms with Gasteiger partial charge in [-0.2, -0.15) is 0 Å². The lowest BCUT2D eigenvalue weighted by Gasteiger charge is -2.21. The number of hydrogen-bond acceptors (Lipinski definition) is 3. The minimum Gasteiger partial charge on any atom is -0.494 e. The van der Waals surface area contributed by atoms with Crippen molar-refractivity contribution in [2.75, 3.05) is 32.1 Å². The van der Waals surface area contributed by atoms with Crippen LogP contribution >= 0.6 is 0 Å². The molecule has 1 atom stereocenters. The van der Waals surface area contributed by atoms with Gasteiger partial charge < -0.3 is 15.4 Å². The second-order valence-electron chi connectivity index (χ2n) is 4.37. The maximum absolute atomic E-state index is 13.5. The molecule has 0 bridgehead atoms. The molecule has 1 rings (SSSR count). The zero-order valence-corrected chi connectivity index (χ0v) is 10.7. The molecule has 1 aromatic carbocycles. The molecule has 0 saturated heterocycles. The summed E-state index contributed by atoms with van der Waals surface area (Å²) in [5.41, 5.74) is 6.42. The molecule has 0 radical (unpaired) electrons. The summed E-state index contributed by atoms with van der Waals surface area (Å²) in [5.74, 6) is 0.432. The van der Waals surface area contributed by atoms with Crippen molar-refractivity contribution in [3.05, 3.63) is 24.0 Å². The van der Waals surface area contributed by atoms with Crippen LogP contribution in [0.1, 0.15) is 13.3 Å². The molecule has 0 aromatic heterocycles. The first kappa shape index (κ1) is 13.8. The van der Waals surface area contributed by atoms with Crippen molar-refractivity contribution in [2.45, 2.75) is 13.3 Å². The van der Waals surface area contributed by atoms with Crippen LogP contribution in [0.25, 0.3) is 0 Å². The van der Waals surface area contributed by atoms with Crippen molar-refractivity contribution in [1.82, 2.24) is 0 Å². The Bertz CT molecular complexity index is 357. The summed E-state index contributed by atoms with van der Waals surface area (Å²) in [6.45, 7) is 3.66. The third kappa shape index (κ3) is 3.89. The Kier molecular flexibility index (Phi) is 5.22. The van der Waals surface area contributed by atoms with Gasteiger partial charge in [0.05, 0.1) is 7.11 Å². The van der Waals surface area contributed by atoms with Crippen LogP contribution in [-0.4, -0.2) is 27.2 Å². The van der Waals surface area contributed by atoms with Gasteiger partial charge in [0.2, 0.25) is 0 Å². The summed E-state index contributed by atoms with van der Waals surface area (Å²) in [7, 11) is 3.41. The van der Waals surface area contributed by atoms with E-state index in [0.717, 1.165) is 18.7 Å². The van der Waals surface area contributed by atoms with Crippen LogP contribution in [0.2, 0.25) is 0 Å². The van der Waals surface area contributed by atoms with E-state index in [1.165, 1.54) is 13.2 Å². The van der Waals surface area contributed by atoms with Gasteiger partial charge in [-0.25, -0.2) is 4.39 Å². The summed E-state index contributed by atoms with van der Waals surface area (Å²) < 4.78 is 18.4. The Morgan fingerprint density at radius 3 is 2.71 bits per heavy atom. The van der Waals surface area contributed by atoms with E-state index < -0.39 is 0 Å². The monoisotopic (exact) mass is 240 g/mol. The molecule has 0 aliphatic rings. The Morgan fingerprint density at radius 1 is 1.47 bits per heavy atom. The topological polar surface area (TPSA) is 38.5 Å². The Balaban J connectivity index is 2.63. The summed E-state index contributed by atoms with van der Waals surface area (Å²) in [6, 6.07) is 4.99. The van der Waals surface area contributed by atoms with Crippen LogP contribution in [-0.2, 0) is 0 Å². The molecule has 0 fully saturated rings. The highest BCUT2D eigenvalue weighted by molar-refractivity contribution is 5.49. The largest absolute Gasteiger partial charge is 0.494 e. The van der Waals surface area contributed by atoms with E-state index in [1.807, 2.05) is 18.0 Å². The van der Waals surface area contributed by atoms with E-state index in [-0.39, 0.29) is 11.6 Å². The summed E-state index contributed by atoms with van der Waals surface area (Å²) in [6.07, 6.45) is 1.00. The molecule has 1 aromatic rings. The van der Waals surface area contributed by atoms with Crippen LogP contribution in [0.15, 0.2) is 18.2 Å². The van der Waals surface area contributed by atoms with Gasteiger partial charge in [0.15, 0.2) is 11.6 Å². The molecule has 0 amide bonds. The number of methoxy groups -OCH3 is 1. The van der Waals surface area contributed by atoms with E-state index in [0.29, 0.717) is 12.5 Å². The average molecular weight is 240 g/mol. The summed E-state index contributed by atoms with van der Waals surface area (Å²) in [4.78, 5) is 2.02. The molecular weight excluding hydrogens is 219 g/mol. The molecule has 0 aliphatic heterocycles. The van der Waals surface area contributed by atoms with Crippen molar-refractivity contribution in [3.8, 4) is 5.75 Å². The van der Waals surface area contributed by atoms with Crippen molar-refractivity contribution in [1.29, 1.82) is 0 Å². The van der Waals surface area contributed by atoms with Crippen LogP contribution in [0.3, 0.4) is 0 Å².